The van der Waals surface area contributed by atoms with Gasteiger partial charge in [-0.05, 0) is 30.3 Å². The minimum atomic E-state index is -0.317. The van der Waals surface area contributed by atoms with E-state index in [2.05, 4.69) is 20.8 Å². The molecular formula is C21H15Cl2N5O2S. The Bertz CT molecular complexity index is 1260. The number of para-hydroxylation sites is 2. The summed E-state index contributed by atoms with van der Waals surface area (Å²) in [5.41, 5.74) is 1.90. The highest BCUT2D eigenvalue weighted by Crippen LogP contribution is 2.25. The predicted molar refractivity (Wildman–Crippen MR) is 123 cm³/mol. The molecule has 4 aromatic rings. The first kappa shape index (κ1) is 21.2. The molecule has 156 valence electrons. The summed E-state index contributed by atoms with van der Waals surface area (Å²) in [7, 11) is 0. The molecule has 31 heavy (non-hydrogen) atoms. The maximum Gasteiger partial charge on any atom is 0.257 e. The molecular weight excluding hydrogens is 457 g/mol. The molecule has 0 radical (unpaired) electrons. The van der Waals surface area contributed by atoms with Crippen molar-refractivity contribution in [2.24, 2.45) is 0 Å². The number of benzene rings is 2. The first-order valence-corrected chi connectivity index (χ1v) is 10.8. The predicted octanol–water partition coefficient (Wildman–Crippen LogP) is 5.02. The molecule has 4 rings (SSSR count). The molecule has 0 aliphatic heterocycles. The number of carbonyl (C=O) groups excluding carboxylic acids is 2. The molecule has 0 spiro atoms. The second-order valence-electron chi connectivity index (χ2n) is 6.39. The molecule has 0 saturated heterocycles. The van der Waals surface area contributed by atoms with Crippen molar-refractivity contribution < 1.29 is 9.59 Å². The minimum Gasteiger partial charge on any atom is -0.325 e. The van der Waals surface area contributed by atoms with Gasteiger partial charge in [0.15, 0.2) is 10.8 Å². The Labute approximate surface area is 191 Å². The van der Waals surface area contributed by atoms with Crippen molar-refractivity contribution in [2.75, 3.05) is 16.4 Å². The zero-order valence-corrected chi connectivity index (χ0v) is 18.2. The van der Waals surface area contributed by atoms with E-state index in [4.69, 9.17) is 23.2 Å². The number of aromatic nitrogens is 3. The Morgan fingerprint density at radius 3 is 2.52 bits per heavy atom. The molecule has 2 aromatic heterocycles. The van der Waals surface area contributed by atoms with Gasteiger partial charge >= 0.3 is 0 Å². The fourth-order valence-corrected chi connectivity index (χ4v) is 4.05. The van der Waals surface area contributed by atoms with Gasteiger partial charge in [-0.2, -0.15) is 0 Å². The molecule has 0 atom stereocenters. The van der Waals surface area contributed by atoms with Crippen molar-refractivity contribution in [1.82, 2.24) is 14.6 Å². The lowest BCUT2D eigenvalue weighted by Crippen LogP contribution is -2.19. The van der Waals surface area contributed by atoms with Gasteiger partial charge in [-0.25, -0.2) is 0 Å². The lowest BCUT2D eigenvalue weighted by molar-refractivity contribution is -0.113. The van der Waals surface area contributed by atoms with Crippen molar-refractivity contribution >= 4 is 63.8 Å². The third-order valence-electron chi connectivity index (χ3n) is 4.20. The van der Waals surface area contributed by atoms with Gasteiger partial charge in [0.1, 0.15) is 0 Å². The Morgan fingerprint density at radius 1 is 0.968 bits per heavy atom. The standard InChI is InChI=1S/C21H15Cl2N5O2S/c22-13-10-16(23)19-26-27-21(28(19)11-13)31-12-18(29)25-17-9-5-4-8-15(17)20(30)24-14-6-2-1-3-7-14/h1-11H,12H2,(H,24,30)(H,25,29). The number of carbonyl (C=O) groups is 2. The largest absolute Gasteiger partial charge is 0.325 e. The summed E-state index contributed by atoms with van der Waals surface area (Å²) in [6.07, 6.45) is 1.63. The number of nitrogens with one attached hydrogen (secondary N) is 2. The molecule has 2 N–H and O–H groups in total. The molecule has 0 aliphatic rings. The van der Waals surface area contributed by atoms with E-state index in [1.165, 1.54) is 11.8 Å². The summed E-state index contributed by atoms with van der Waals surface area (Å²) in [5, 5.41) is 14.9. The second kappa shape index (κ2) is 9.38. The van der Waals surface area contributed by atoms with Crippen LogP contribution < -0.4 is 10.6 Å². The quantitative estimate of drug-likeness (QED) is 0.385. The van der Waals surface area contributed by atoms with E-state index in [0.29, 0.717) is 37.8 Å². The number of fused-ring (bicyclic) bond motifs is 1. The number of anilines is 2. The van der Waals surface area contributed by atoms with Gasteiger partial charge in [-0.15, -0.1) is 10.2 Å². The van der Waals surface area contributed by atoms with E-state index in [-0.39, 0.29) is 17.6 Å². The number of nitrogens with zero attached hydrogens (tertiary/aromatic N) is 3. The van der Waals surface area contributed by atoms with E-state index in [9.17, 15) is 9.59 Å². The molecule has 2 aromatic carbocycles. The number of rotatable bonds is 6. The Morgan fingerprint density at radius 2 is 1.71 bits per heavy atom. The number of amides is 2. The normalized spacial score (nSPS) is 10.8. The maximum absolute atomic E-state index is 12.7. The summed E-state index contributed by atoms with van der Waals surface area (Å²) < 4.78 is 1.63. The number of hydrogen-bond acceptors (Lipinski definition) is 5. The van der Waals surface area contributed by atoms with Crippen LogP contribution in [0.2, 0.25) is 10.0 Å². The fourth-order valence-electron chi connectivity index (χ4n) is 2.83. The summed E-state index contributed by atoms with van der Waals surface area (Å²) in [4.78, 5) is 25.2. The van der Waals surface area contributed by atoms with Crippen LogP contribution in [-0.2, 0) is 4.79 Å². The minimum absolute atomic E-state index is 0.0551. The topological polar surface area (TPSA) is 88.4 Å². The van der Waals surface area contributed by atoms with Crippen LogP contribution in [0.3, 0.4) is 0 Å². The van der Waals surface area contributed by atoms with E-state index in [1.807, 2.05) is 18.2 Å². The average molecular weight is 472 g/mol. The molecule has 0 aliphatic carbocycles. The second-order valence-corrected chi connectivity index (χ2v) is 8.17. The molecule has 0 bridgehead atoms. The van der Waals surface area contributed by atoms with E-state index in [0.717, 1.165) is 0 Å². The van der Waals surface area contributed by atoms with Crippen LogP contribution in [-0.4, -0.2) is 32.2 Å². The molecule has 2 heterocycles. The molecule has 2 amide bonds. The fraction of sp³-hybridized carbons (Fsp3) is 0.0476. The summed E-state index contributed by atoms with van der Waals surface area (Å²) in [5.74, 6) is -0.558. The highest BCUT2D eigenvalue weighted by Gasteiger charge is 2.15. The van der Waals surface area contributed by atoms with Crippen molar-refractivity contribution in [2.45, 2.75) is 5.16 Å². The smallest absolute Gasteiger partial charge is 0.257 e. The van der Waals surface area contributed by atoms with Gasteiger partial charge in [0.25, 0.3) is 5.91 Å². The van der Waals surface area contributed by atoms with Crippen LogP contribution in [0.1, 0.15) is 10.4 Å². The lowest BCUT2D eigenvalue weighted by atomic mass is 10.1. The summed E-state index contributed by atoms with van der Waals surface area (Å²) in [6, 6.07) is 17.5. The number of pyridine rings is 1. The number of hydrogen-bond donors (Lipinski definition) is 2. The van der Waals surface area contributed by atoms with E-state index in [1.54, 1.807) is 53.1 Å². The zero-order valence-electron chi connectivity index (χ0n) is 15.9. The number of thioether (sulfide) groups is 1. The molecule has 0 unspecified atom stereocenters. The molecule has 10 heteroatoms. The van der Waals surface area contributed by atoms with Crippen LogP contribution in [0.5, 0.6) is 0 Å². The van der Waals surface area contributed by atoms with Gasteiger partial charge < -0.3 is 10.6 Å². The van der Waals surface area contributed by atoms with Crippen molar-refractivity contribution in [3.05, 3.63) is 82.5 Å². The molecule has 0 saturated carbocycles. The lowest BCUT2D eigenvalue weighted by Gasteiger charge is -2.11. The number of halogens is 2. The van der Waals surface area contributed by atoms with Gasteiger partial charge in [0, 0.05) is 11.9 Å². The third-order valence-corrected chi connectivity index (χ3v) is 5.63. The van der Waals surface area contributed by atoms with Crippen LogP contribution in [0, 0.1) is 0 Å². The summed E-state index contributed by atoms with van der Waals surface area (Å²) >= 11 is 13.3. The Balaban J connectivity index is 1.44. The van der Waals surface area contributed by atoms with Crippen molar-refractivity contribution in [3.8, 4) is 0 Å². The summed E-state index contributed by atoms with van der Waals surface area (Å²) in [6.45, 7) is 0. The first-order chi connectivity index (χ1) is 15.0. The molecule has 0 fully saturated rings. The van der Waals surface area contributed by atoms with E-state index >= 15 is 0 Å². The van der Waals surface area contributed by atoms with Crippen LogP contribution in [0.4, 0.5) is 11.4 Å². The third kappa shape index (κ3) is 4.99. The monoisotopic (exact) mass is 471 g/mol. The van der Waals surface area contributed by atoms with Crippen LogP contribution >= 0.6 is 35.0 Å². The Kier molecular flexibility index (Phi) is 6.41. The van der Waals surface area contributed by atoms with E-state index < -0.39 is 0 Å². The van der Waals surface area contributed by atoms with Gasteiger partial charge in [0.2, 0.25) is 5.91 Å². The van der Waals surface area contributed by atoms with Crippen molar-refractivity contribution in [3.63, 3.8) is 0 Å². The average Bonchev–Trinajstić information content (AvgIpc) is 3.16. The van der Waals surface area contributed by atoms with Crippen molar-refractivity contribution in [1.29, 1.82) is 0 Å². The molecule has 7 nitrogen and oxygen atoms in total. The highest BCUT2D eigenvalue weighted by molar-refractivity contribution is 7.99. The first-order valence-electron chi connectivity index (χ1n) is 9.09. The maximum atomic E-state index is 12.7. The van der Waals surface area contributed by atoms with Gasteiger partial charge in [-0.1, -0.05) is 65.3 Å². The Hall–Kier alpha value is -3.07. The van der Waals surface area contributed by atoms with Crippen LogP contribution in [0.15, 0.2) is 72.0 Å². The zero-order chi connectivity index (χ0) is 21.8. The van der Waals surface area contributed by atoms with Crippen LogP contribution in [0.25, 0.3) is 5.65 Å². The van der Waals surface area contributed by atoms with Gasteiger partial charge in [-0.3, -0.25) is 14.0 Å². The SMILES string of the molecule is O=C(CSc1nnc2c(Cl)cc(Cl)cn12)Nc1ccccc1C(=O)Nc1ccccc1. The van der Waals surface area contributed by atoms with Gasteiger partial charge in [0.05, 0.1) is 27.0 Å². The highest BCUT2D eigenvalue weighted by atomic mass is 35.5.